The Morgan fingerprint density at radius 1 is 1.25 bits per heavy atom. The fraction of sp³-hybridized carbons (Fsp3) is 0.625. The fourth-order valence-corrected chi connectivity index (χ4v) is 2.65. The number of nitrogens with one attached hydrogen (secondary N) is 1. The first-order chi connectivity index (χ1) is 9.74. The number of hydrogen-bond acceptors (Lipinski definition) is 3. The van der Waals surface area contributed by atoms with Gasteiger partial charge in [-0.25, -0.2) is 4.39 Å². The predicted octanol–water partition coefficient (Wildman–Crippen LogP) is 2.53. The van der Waals surface area contributed by atoms with E-state index in [1.165, 1.54) is 31.5 Å². The second kappa shape index (κ2) is 8.22. The molecule has 0 amide bonds. The molecule has 1 fully saturated rings. The zero-order chi connectivity index (χ0) is 14.2. The van der Waals surface area contributed by atoms with E-state index in [0.29, 0.717) is 6.61 Å². The number of rotatable bonds is 7. The second-order valence-corrected chi connectivity index (χ2v) is 5.61. The third-order valence-electron chi connectivity index (χ3n) is 3.80. The molecular formula is C16H25FN2O. The van der Waals surface area contributed by atoms with Crippen LogP contribution >= 0.6 is 0 Å². The fourth-order valence-electron chi connectivity index (χ4n) is 2.65. The van der Waals surface area contributed by atoms with E-state index in [1.807, 2.05) is 0 Å². The average molecular weight is 280 g/mol. The van der Waals surface area contributed by atoms with Crippen molar-refractivity contribution in [2.75, 3.05) is 39.8 Å². The molecule has 0 atom stereocenters. The minimum atomic E-state index is -0.223. The van der Waals surface area contributed by atoms with E-state index in [4.69, 9.17) is 4.74 Å². The molecule has 112 valence electrons. The van der Waals surface area contributed by atoms with Gasteiger partial charge in [-0.2, -0.15) is 0 Å². The van der Waals surface area contributed by atoms with Gasteiger partial charge in [-0.15, -0.1) is 0 Å². The second-order valence-electron chi connectivity index (χ2n) is 5.61. The van der Waals surface area contributed by atoms with Crippen molar-refractivity contribution in [3.63, 3.8) is 0 Å². The number of ether oxygens (including phenoxy) is 1. The standard InChI is InChI=1S/C16H25FN2O/c1-19(13-14-7-9-18-10-8-14)11-2-12-20-16-5-3-15(17)4-6-16/h3-6,14,18H,2,7-13H2,1H3. The number of hydrogen-bond donors (Lipinski definition) is 1. The summed E-state index contributed by atoms with van der Waals surface area (Å²) in [5.41, 5.74) is 0. The third-order valence-corrected chi connectivity index (χ3v) is 3.80. The highest BCUT2D eigenvalue weighted by Crippen LogP contribution is 2.13. The van der Waals surface area contributed by atoms with Crippen LogP contribution in [0.2, 0.25) is 0 Å². The van der Waals surface area contributed by atoms with E-state index in [2.05, 4.69) is 17.3 Å². The Morgan fingerprint density at radius 3 is 2.65 bits per heavy atom. The average Bonchev–Trinajstić information content (AvgIpc) is 2.46. The Balaban J connectivity index is 1.56. The van der Waals surface area contributed by atoms with Crippen LogP contribution < -0.4 is 10.1 Å². The topological polar surface area (TPSA) is 24.5 Å². The lowest BCUT2D eigenvalue weighted by molar-refractivity contribution is 0.218. The molecule has 4 heteroatoms. The van der Waals surface area contributed by atoms with E-state index in [-0.39, 0.29) is 5.82 Å². The van der Waals surface area contributed by atoms with Gasteiger partial charge in [0.15, 0.2) is 0 Å². The highest BCUT2D eigenvalue weighted by molar-refractivity contribution is 5.21. The zero-order valence-electron chi connectivity index (χ0n) is 12.3. The first-order valence-corrected chi connectivity index (χ1v) is 7.51. The number of piperidine rings is 1. The molecule has 0 bridgehead atoms. The molecule has 1 heterocycles. The Hall–Kier alpha value is -1.13. The van der Waals surface area contributed by atoms with E-state index in [0.717, 1.165) is 37.7 Å². The quantitative estimate of drug-likeness (QED) is 0.777. The summed E-state index contributed by atoms with van der Waals surface area (Å²) in [6, 6.07) is 6.21. The van der Waals surface area contributed by atoms with Gasteiger partial charge < -0.3 is 15.0 Å². The van der Waals surface area contributed by atoms with Gasteiger partial charge in [0, 0.05) is 13.1 Å². The number of benzene rings is 1. The van der Waals surface area contributed by atoms with Crippen molar-refractivity contribution in [3.8, 4) is 5.75 Å². The van der Waals surface area contributed by atoms with Crippen LogP contribution in [0.1, 0.15) is 19.3 Å². The van der Waals surface area contributed by atoms with Crippen LogP contribution in [-0.2, 0) is 0 Å². The predicted molar refractivity (Wildman–Crippen MR) is 79.6 cm³/mol. The molecule has 0 radical (unpaired) electrons. The molecule has 0 aromatic heterocycles. The van der Waals surface area contributed by atoms with Gasteiger partial charge in [0.1, 0.15) is 11.6 Å². The third kappa shape index (κ3) is 5.47. The molecule has 20 heavy (non-hydrogen) atoms. The lowest BCUT2D eigenvalue weighted by Crippen LogP contribution is -2.35. The van der Waals surface area contributed by atoms with Gasteiger partial charge in [-0.05, 0) is 69.6 Å². The van der Waals surface area contributed by atoms with E-state index >= 15 is 0 Å². The maximum absolute atomic E-state index is 12.7. The van der Waals surface area contributed by atoms with Crippen LogP contribution in [0, 0.1) is 11.7 Å². The summed E-state index contributed by atoms with van der Waals surface area (Å²) in [5, 5.41) is 3.40. The van der Waals surface area contributed by atoms with Gasteiger partial charge in [0.25, 0.3) is 0 Å². The molecule has 0 saturated carbocycles. The van der Waals surface area contributed by atoms with Crippen LogP contribution in [0.15, 0.2) is 24.3 Å². The SMILES string of the molecule is CN(CCCOc1ccc(F)cc1)CC1CCNCC1. The van der Waals surface area contributed by atoms with Crippen molar-refractivity contribution in [1.29, 1.82) is 0 Å². The molecule has 1 aliphatic rings. The highest BCUT2D eigenvalue weighted by atomic mass is 19.1. The Kier molecular flexibility index (Phi) is 6.27. The zero-order valence-corrected chi connectivity index (χ0v) is 12.3. The highest BCUT2D eigenvalue weighted by Gasteiger charge is 2.14. The molecular weight excluding hydrogens is 255 g/mol. The largest absolute Gasteiger partial charge is 0.494 e. The van der Waals surface area contributed by atoms with Crippen LogP contribution in [0.5, 0.6) is 5.75 Å². The maximum atomic E-state index is 12.7. The van der Waals surface area contributed by atoms with Gasteiger partial charge >= 0.3 is 0 Å². The summed E-state index contributed by atoms with van der Waals surface area (Å²) < 4.78 is 18.3. The van der Waals surface area contributed by atoms with Gasteiger partial charge in [0.2, 0.25) is 0 Å². The maximum Gasteiger partial charge on any atom is 0.123 e. The van der Waals surface area contributed by atoms with Crippen LogP contribution in [0.3, 0.4) is 0 Å². The first kappa shape index (κ1) is 15.3. The lowest BCUT2D eigenvalue weighted by atomic mass is 9.98. The molecule has 0 unspecified atom stereocenters. The minimum Gasteiger partial charge on any atom is -0.494 e. The van der Waals surface area contributed by atoms with Gasteiger partial charge in [-0.1, -0.05) is 0 Å². The van der Waals surface area contributed by atoms with Crippen molar-refractivity contribution < 1.29 is 9.13 Å². The van der Waals surface area contributed by atoms with Crippen LogP contribution in [-0.4, -0.2) is 44.7 Å². The molecule has 1 aliphatic heterocycles. The smallest absolute Gasteiger partial charge is 0.123 e. The molecule has 1 saturated heterocycles. The Labute approximate surface area is 121 Å². The van der Waals surface area contributed by atoms with E-state index < -0.39 is 0 Å². The Morgan fingerprint density at radius 2 is 1.95 bits per heavy atom. The summed E-state index contributed by atoms with van der Waals surface area (Å²) in [4.78, 5) is 2.39. The molecule has 1 aromatic rings. The molecule has 1 N–H and O–H groups in total. The normalized spacial score (nSPS) is 16.6. The first-order valence-electron chi connectivity index (χ1n) is 7.51. The van der Waals surface area contributed by atoms with E-state index in [9.17, 15) is 4.39 Å². The summed E-state index contributed by atoms with van der Waals surface area (Å²) >= 11 is 0. The summed E-state index contributed by atoms with van der Waals surface area (Å²) in [6.45, 7) is 5.23. The van der Waals surface area contributed by atoms with Crippen molar-refractivity contribution in [2.45, 2.75) is 19.3 Å². The molecule has 0 spiro atoms. The van der Waals surface area contributed by atoms with Gasteiger partial charge in [0.05, 0.1) is 6.61 Å². The summed E-state index contributed by atoms with van der Waals surface area (Å²) in [5.74, 6) is 1.35. The molecule has 2 rings (SSSR count). The van der Waals surface area contributed by atoms with Crippen molar-refractivity contribution >= 4 is 0 Å². The Bertz CT molecular complexity index is 377. The van der Waals surface area contributed by atoms with Gasteiger partial charge in [-0.3, -0.25) is 0 Å². The molecule has 1 aromatic carbocycles. The summed E-state index contributed by atoms with van der Waals surface area (Å²) in [7, 11) is 2.18. The molecule has 3 nitrogen and oxygen atoms in total. The van der Waals surface area contributed by atoms with Crippen LogP contribution in [0.25, 0.3) is 0 Å². The van der Waals surface area contributed by atoms with Crippen molar-refractivity contribution in [1.82, 2.24) is 10.2 Å². The van der Waals surface area contributed by atoms with Crippen LogP contribution in [0.4, 0.5) is 4.39 Å². The minimum absolute atomic E-state index is 0.223. The molecule has 0 aliphatic carbocycles. The number of halogens is 1. The lowest BCUT2D eigenvalue weighted by Gasteiger charge is -2.27. The van der Waals surface area contributed by atoms with Crippen molar-refractivity contribution in [2.24, 2.45) is 5.92 Å². The van der Waals surface area contributed by atoms with E-state index in [1.54, 1.807) is 12.1 Å². The summed E-state index contributed by atoms with van der Waals surface area (Å²) in [6.07, 6.45) is 3.58. The number of nitrogens with zero attached hydrogens (tertiary/aromatic N) is 1. The van der Waals surface area contributed by atoms with Crippen molar-refractivity contribution in [3.05, 3.63) is 30.1 Å². The monoisotopic (exact) mass is 280 g/mol.